The van der Waals surface area contributed by atoms with E-state index in [2.05, 4.69) is 53.7 Å². The predicted octanol–water partition coefficient (Wildman–Crippen LogP) is 1.85. The fourth-order valence-electron chi connectivity index (χ4n) is 3.60. The lowest BCUT2D eigenvalue weighted by Crippen LogP contribution is -2.57. The lowest BCUT2D eigenvalue weighted by Gasteiger charge is -2.38. The zero-order valence-corrected chi connectivity index (χ0v) is 17.1. The first-order chi connectivity index (χ1) is 13.4. The van der Waals surface area contributed by atoms with Crippen molar-refractivity contribution in [1.82, 2.24) is 25.2 Å². The van der Waals surface area contributed by atoms with Crippen molar-refractivity contribution in [1.29, 1.82) is 0 Å². The van der Waals surface area contributed by atoms with Crippen LogP contribution < -0.4 is 5.32 Å². The third-order valence-corrected chi connectivity index (χ3v) is 5.31. The summed E-state index contributed by atoms with van der Waals surface area (Å²) in [5.74, 6) is 0.305. The summed E-state index contributed by atoms with van der Waals surface area (Å²) < 4.78 is 1.75. The van der Waals surface area contributed by atoms with E-state index in [9.17, 15) is 9.90 Å². The Morgan fingerprint density at radius 2 is 2.04 bits per heavy atom. The third-order valence-electron chi connectivity index (χ3n) is 5.31. The molecule has 28 heavy (non-hydrogen) atoms. The minimum Gasteiger partial charge on any atom is -0.379 e. The fraction of sp³-hybridized carbons (Fsp3) is 0.571. The number of amides is 1. The van der Waals surface area contributed by atoms with Crippen LogP contribution in [0.4, 0.5) is 0 Å². The van der Waals surface area contributed by atoms with Gasteiger partial charge in [0, 0.05) is 32.4 Å². The minimum atomic E-state index is -1.34. The standard InChI is InChI=1S/C21H31N5O2/c1-16(2)19-7-5-18(6-8-19)14-25-11-4-9-21(28,20(25)27)15-22-10-12-26-13-17(3)23-24-26/h5-8,13,16,22,28H,4,9-12,14-15H2,1-3H3/t21-/m0/s1. The van der Waals surface area contributed by atoms with Crippen molar-refractivity contribution in [2.45, 2.75) is 58.2 Å². The number of carbonyl (C=O) groups excluding carboxylic acids is 1. The monoisotopic (exact) mass is 385 g/mol. The predicted molar refractivity (Wildman–Crippen MR) is 108 cm³/mol. The zero-order valence-electron chi connectivity index (χ0n) is 17.1. The van der Waals surface area contributed by atoms with Crippen LogP contribution in [0.2, 0.25) is 0 Å². The summed E-state index contributed by atoms with van der Waals surface area (Å²) >= 11 is 0. The maximum Gasteiger partial charge on any atom is 0.256 e. The number of piperidine rings is 1. The van der Waals surface area contributed by atoms with E-state index in [1.165, 1.54) is 5.56 Å². The molecule has 1 aliphatic heterocycles. The highest BCUT2D eigenvalue weighted by atomic mass is 16.3. The molecule has 152 valence electrons. The largest absolute Gasteiger partial charge is 0.379 e. The number of rotatable bonds is 8. The van der Waals surface area contributed by atoms with Gasteiger partial charge in [0.2, 0.25) is 0 Å². The maximum atomic E-state index is 12.9. The Morgan fingerprint density at radius 1 is 1.29 bits per heavy atom. The number of aryl methyl sites for hydroxylation is 1. The number of carbonyl (C=O) groups is 1. The molecule has 2 N–H and O–H groups in total. The molecule has 0 aliphatic carbocycles. The number of benzene rings is 1. The topological polar surface area (TPSA) is 83.3 Å². The lowest BCUT2D eigenvalue weighted by atomic mass is 9.91. The number of aromatic nitrogens is 3. The highest BCUT2D eigenvalue weighted by Gasteiger charge is 2.41. The van der Waals surface area contributed by atoms with Crippen molar-refractivity contribution in [3.8, 4) is 0 Å². The van der Waals surface area contributed by atoms with Crippen molar-refractivity contribution in [3.05, 3.63) is 47.3 Å². The van der Waals surface area contributed by atoms with Crippen molar-refractivity contribution >= 4 is 5.91 Å². The first kappa shape index (κ1) is 20.5. The zero-order chi connectivity index (χ0) is 20.1. The molecule has 1 aromatic carbocycles. The van der Waals surface area contributed by atoms with Crippen LogP contribution >= 0.6 is 0 Å². The fourth-order valence-corrected chi connectivity index (χ4v) is 3.60. The molecule has 1 fully saturated rings. The van der Waals surface area contributed by atoms with Gasteiger partial charge in [0.05, 0.1) is 12.2 Å². The van der Waals surface area contributed by atoms with Gasteiger partial charge in [-0.2, -0.15) is 0 Å². The Morgan fingerprint density at radius 3 is 2.68 bits per heavy atom. The highest BCUT2D eigenvalue weighted by Crippen LogP contribution is 2.24. The normalized spacial score (nSPS) is 20.2. The van der Waals surface area contributed by atoms with Crippen LogP contribution in [0.15, 0.2) is 30.5 Å². The molecule has 1 atom stereocenters. The number of nitrogens with zero attached hydrogens (tertiary/aromatic N) is 4. The lowest BCUT2D eigenvalue weighted by molar-refractivity contribution is -0.157. The molecule has 0 unspecified atom stereocenters. The smallest absolute Gasteiger partial charge is 0.256 e. The second-order valence-corrected chi connectivity index (χ2v) is 8.06. The Labute approximate surface area is 166 Å². The molecule has 1 aromatic heterocycles. The van der Waals surface area contributed by atoms with E-state index in [1.54, 1.807) is 9.58 Å². The highest BCUT2D eigenvalue weighted by molar-refractivity contribution is 5.86. The summed E-state index contributed by atoms with van der Waals surface area (Å²) in [7, 11) is 0. The van der Waals surface area contributed by atoms with E-state index >= 15 is 0 Å². The minimum absolute atomic E-state index is 0.184. The number of nitrogens with one attached hydrogen (secondary N) is 1. The molecule has 1 aliphatic rings. The first-order valence-corrected chi connectivity index (χ1v) is 10.1. The number of likely N-dealkylation sites (tertiary alicyclic amines) is 1. The van der Waals surface area contributed by atoms with Crippen LogP contribution in [0.5, 0.6) is 0 Å². The van der Waals surface area contributed by atoms with Crippen LogP contribution in [0, 0.1) is 6.92 Å². The Hall–Kier alpha value is -2.25. The molecule has 3 rings (SSSR count). The molecule has 1 saturated heterocycles. The van der Waals surface area contributed by atoms with E-state index in [0.717, 1.165) is 17.7 Å². The van der Waals surface area contributed by atoms with Crippen LogP contribution in [0.25, 0.3) is 0 Å². The molecular formula is C21H31N5O2. The molecular weight excluding hydrogens is 354 g/mol. The summed E-state index contributed by atoms with van der Waals surface area (Å²) in [6, 6.07) is 8.39. The summed E-state index contributed by atoms with van der Waals surface area (Å²) in [5, 5.41) is 22.1. The van der Waals surface area contributed by atoms with E-state index in [1.807, 2.05) is 13.1 Å². The Balaban J connectivity index is 1.53. The van der Waals surface area contributed by atoms with Gasteiger partial charge in [-0.05, 0) is 36.8 Å². The molecule has 2 heterocycles. The van der Waals surface area contributed by atoms with Gasteiger partial charge in [-0.25, -0.2) is 0 Å². The van der Waals surface area contributed by atoms with Crippen molar-refractivity contribution in [3.63, 3.8) is 0 Å². The van der Waals surface area contributed by atoms with Gasteiger partial charge in [-0.15, -0.1) is 5.10 Å². The van der Waals surface area contributed by atoms with Crippen LogP contribution in [0.1, 0.15) is 49.4 Å². The molecule has 0 radical (unpaired) electrons. The molecule has 7 nitrogen and oxygen atoms in total. The van der Waals surface area contributed by atoms with Crippen LogP contribution in [-0.2, 0) is 17.9 Å². The van der Waals surface area contributed by atoms with E-state index < -0.39 is 5.60 Å². The van der Waals surface area contributed by atoms with E-state index in [4.69, 9.17) is 0 Å². The number of hydrogen-bond acceptors (Lipinski definition) is 5. The molecule has 1 amide bonds. The van der Waals surface area contributed by atoms with Gasteiger partial charge >= 0.3 is 0 Å². The second kappa shape index (κ2) is 8.84. The van der Waals surface area contributed by atoms with Gasteiger partial charge in [0.15, 0.2) is 5.60 Å². The summed E-state index contributed by atoms with van der Waals surface area (Å²) in [5.41, 5.74) is 1.92. The summed E-state index contributed by atoms with van der Waals surface area (Å²) in [4.78, 5) is 14.7. The number of hydrogen-bond donors (Lipinski definition) is 2. The Bertz CT molecular complexity index is 786. The summed E-state index contributed by atoms with van der Waals surface area (Å²) in [6.45, 7) is 8.98. The molecule has 0 saturated carbocycles. The van der Waals surface area contributed by atoms with Gasteiger partial charge < -0.3 is 15.3 Å². The molecule has 2 aromatic rings. The Kier molecular flexibility index (Phi) is 6.46. The SMILES string of the molecule is Cc1cn(CCNC[C@@]2(O)CCCN(Cc3ccc(C(C)C)cc3)C2=O)nn1. The van der Waals surface area contributed by atoms with Crippen LogP contribution in [0.3, 0.4) is 0 Å². The molecule has 0 bridgehead atoms. The van der Waals surface area contributed by atoms with Crippen molar-refractivity contribution in [2.24, 2.45) is 0 Å². The van der Waals surface area contributed by atoms with Crippen LogP contribution in [-0.4, -0.2) is 56.1 Å². The second-order valence-electron chi connectivity index (χ2n) is 8.06. The van der Waals surface area contributed by atoms with Gasteiger partial charge in [0.1, 0.15) is 0 Å². The van der Waals surface area contributed by atoms with Crippen molar-refractivity contribution in [2.75, 3.05) is 19.6 Å². The molecule has 7 heteroatoms. The first-order valence-electron chi connectivity index (χ1n) is 10.1. The third kappa shape index (κ3) is 4.97. The average Bonchev–Trinajstić information content (AvgIpc) is 3.08. The van der Waals surface area contributed by atoms with E-state index in [-0.39, 0.29) is 12.5 Å². The van der Waals surface area contributed by atoms with Gasteiger partial charge in [-0.1, -0.05) is 43.3 Å². The van der Waals surface area contributed by atoms with Crippen molar-refractivity contribution < 1.29 is 9.90 Å². The summed E-state index contributed by atoms with van der Waals surface area (Å²) in [6.07, 6.45) is 3.16. The van der Waals surface area contributed by atoms with Gasteiger partial charge in [-0.3, -0.25) is 9.48 Å². The van der Waals surface area contributed by atoms with Gasteiger partial charge in [0.25, 0.3) is 5.91 Å². The quantitative estimate of drug-likeness (QED) is 0.678. The average molecular weight is 386 g/mol. The maximum absolute atomic E-state index is 12.9. The van der Waals surface area contributed by atoms with E-state index in [0.29, 0.717) is 38.5 Å². The number of aliphatic hydroxyl groups is 1. The molecule has 0 spiro atoms.